The molecule has 0 unspecified atom stereocenters. The second-order valence-corrected chi connectivity index (χ2v) is 5.86. The molecule has 2 rings (SSSR count). The van der Waals surface area contributed by atoms with E-state index in [1.54, 1.807) is 23.4 Å². The van der Waals surface area contributed by atoms with Crippen molar-refractivity contribution in [2.45, 2.75) is 6.61 Å². The average molecular weight is 375 g/mol. The number of carbonyl (C=O) groups excluding carboxylic acids is 1. The van der Waals surface area contributed by atoms with Crippen LogP contribution in [0.1, 0.15) is 5.56 Å². The van der Waals surface area contributed by atoms with Gasteiger partial charge in [0.1, 0.15) is 13.2 Å². The summed E-state index contributed by atoms with van der Waals surface area (Å²) in [6, 6.07) is 5.91. The number of hydrogen-bond acceptors (Lipinski definition) is 9. The molecule has 1 aliphatic rings. The summed E-state index contributed by atoms with van der Waals surface area (Å²) in [4.78, 5) is 27.3. The summed E-state index contributed by atoms with van der Waals surface area (Å²) in [7, 11) is -3.29. The molecule has 1 heterocycles. The van der Waals surface area contributed by atoms with Crippen LogP contribution in [0.4, 0.5) is 5.69 Å². The minimum atomic E-state index is -4.16. The highest BCUT2D eigenvalue weighted by Gasteiger charge is 2.12. The van der Waals surface area contributed by atoms with Crippen LogP contribution < -0.4 is 0 Å². The Labute approximate surface area is 144 Å². The molecule has 0 atom stereocenters. The van der Waals surface area contributed by atoms with Crippen molar-refractivity contribution in [3.05, 3.63) is 39.9 Å². The fourth-order valence-corrected chi connectivity index (χ4v) is 1.63. The number of ether oxygens (including phenoxy) is 1. The molecule has 0 spiro atoms. The molecule has 0 amide bonds. The number of rotatable bonds is 6. The molecule has 0 radical (unpaired) electrons. The minimum absolute atomic E-state index is 0.0170. The Bertz CT molecular complexity index is 717. The van der Waals surface area contributed by atoms with Gasteiger partial charge in [-0.05, 0) is 17.7 Å². The second kappa shape index (κ2) is 9.66. The fraction of sp³-hybridized carbons (Fsp3) is 0.385. The number of non-ortho nitro benzene ring substituents is 1. The zero-order valence-electron chi connectivity index (χ0n) is 13.3. The number of benzene rings is 1. The number of carbonyl (C=O) groups is 1. The van der Waals surface area contributed by atoms with E-state index in [9.17, 15) is 23.3 Å². The number of aliphatic imine (C=N–C) groups is 1. The van der Waals surface area contributed by atoms with Gasteiger partial charge >= 0.3 is 16.4 Å². The monoisotopic (exact) mass is 375 g/mol. The van der Waals surface area contributed by atoms with Gasteiger partial charge in [-0.2, -0.15) is 8.42 Å². The van der Waals surface area contributed by atoms with Crippen molar-refractivity contribution < 1.29 is 31.6 Å². The van der Waals surface area contributed by atoms with Crippen molar-refractivity contribution >= 4 is 28.4 Å². The lowest BCUT2D eigenvalue weighted by Gasteiger charge is -2.12. The van der Waals surface area contributed by atoms with Crippen molar-refractivity contribution in [1.82, 2.24) is 4.90 Å². The topological polar surface area (TPSA) is 149 Å². The maximum Gasteiger partial charge on any atom is 0.397 e. The molecular weight excluding hydrogens is 358 g/mol. The lowest BCUT2D eigenvalue weighted by molar-refractivity contribution is -0.384. The van der Waals surface area contributed by atoms with Gasteiger partial charge in [0.25, 0.3) is 5.69 Å². The third-order valence-corrected chi connectivity index (χ3v) is 3.27. The summed E-state index contributed by atoms with van der Waals surface area (Å²) in [5, 5.41) is 10.5. The first kappa shape index (κ1) is 20.5. The second-order valence-electron chi connectivity index (χ2n) is 4.67. The smallest absolute Gasteiger partial charge is 0.397 e. The molecule has 0 aliphatic carbocycles. The standard InChI is InChI=1S/C12H13N3O4.CH4O4S/c16-12(7-14-6-5-13-9-14)19-8-10-1-3-11(4-2-10)15(17)18;1-5-6(2,3)4/h1-4,9H,5-8H2;1H3,(H,2,3,4). The molecule has 1 N–H and O–H groups in total. The van der Waals surface area contributed by atoms with Crippen LogP contribution in [0.2, 0.25) is 0 Å². The molecule has 0 aromatic heterocycles. The molecule has 0 bridgehead atoms. The normalized spacial score (nSPS) is 13.1. The van der Waals surface area contributed by atoms with E-state index in [1.807, 2.05) is 0 Å². The van der Waals surface area contributed by atoms with Crippen LogP contribution in [0.3, 0.4) is 0 Å². The van der Waals surface area contributed by atoms with Gasteiger partial charge < -0.3 is 9.64 Å². The van der Waals surface area contributed by atoms with Crippen LogP contribution in [0.25, 0.3) is 0 Å². The number of nitrogens with zero attached hydrogens (tertiary/aromatic N) is 3. The maximum atomic E-state index is 11.5. The quantitative estimate of drug-likeness (QED) is 0.323. The molecule has 1 aromatic carbocycles. The van der Waals surface area contributed by atoms with Crippen molar-refractivity contribution in [2.24, 2.45) is 4.99 Å². The summed E-state index contributed by atoms with van der Waals surface area (Å²) in [6.07, 6.45) is 1.63. The molecule has 0 fully saturated rings. The van der Waals surface area contributed by atoms with Gasteiger partial charge in [-0.3, -0.25) is 28.6 Å². The lowest BCUT2D eigenvalue weighted by Crippen LogP contribution is -2.28. The first-order valence-corrected chi connectivity index (χ1v) is 8.24. The SMILES string of the molecule is COS(=O)(=O)O.O=C(CN1C=NCC1)OCc1ccc([N+](=O)[O-])cc1. The molecule has 138 valence electrons. The van der Waals surface area contributed by atoms with E-state index in [0.717, 1.165) is 13.7 Å². The number of nitro benzene ring substituents is 1. The van der Waals surface area contributed by atoms with Crippen molar-refractivity contribution in [2.75, 3.05) is 26.7 Å². The van der Waals surface area contributed by atoms with Gasteiger partial charge in [-0.25, -0.2) is 0 Å². The predicted octanol–water partition coefficient (Wildman–Crippen LogP) is 0.418. The fourth-order valence-electron chi connectivity index (χ4n) is 1.63. The van der Waals surface area contributed by atoms with Crippen LogP contribution >= 0.6 is 0 Å². The van der Waals surface area contributed by atoms with Crippen molar-refractivity contribution in [1.29, 1.82) is 0 Å². The van der Waals surface area contributed by atoms with E-state index in [2.05, 4.69) is 9.18 Å². The first-order valence-electron chi connectivity index (χ1n) is 6.87. The van der Waals surface area contributed by atoms with E-state index >= 15 is 0 Å². The molecule has 0 saturated heterocycles. The molecule has 11 nitrogen and oxygen atoms in total. The van der Waals surface area contributed by atoms with E-state index in [1.165, 1.54) is 12.1 Å². The number of esters is 1. The van der Waals surface area contributed by atoms with Gasteiger partial charge in [-0.15, -0.1) is 0 Å². The van der Waals surface area contributed by atoms with Gasteiger partial charge in [0.15, 0.2) is 0 Å². The summed E-state index contributed by atoms with van der Waals surface area (Å²) >= 11 is 0. The molecular formula is C13H17N3O8S. The van der Waals surface area contributed by atoms with Crippen LogP contribution in [0.15, 0.2) is 29.3 Å². The van der Waals surface area contributed by atoms with Gasteiger partial charge in [-0.1, -0.05) is 0 Å². The summed E-state index contributed by atoms with van der Waals surface area (Å²) < 4.78 is 34.8. The Morgan fingerprint density at radius 3 is 2.44 bits per heavy atom. The summed E-state index contributed by atoms with van der Waals surface area (Å²) in [5.74, 6) is -0.341. The van der Waals surface area contributed by atoms with Crippen molar-refractivity contribution in [3.63, 3.8) is 0 Å². The lowest BCUT2D eigenvalue weighted by atomic mass is 10.2. The number of hydrogen-bond donors (Lipinski definition) is 1. The maximum absolute atomic E-state index is 11.5. The highest BCUT2D eigenvalue weighted by molar-refractivity contribution is 7.80. The average Bonchev–Trinajstić information content (AvgIpc) is 3.06. The molecule has 25 heavy (non-hydrogen) atoms. The van der Waals surface area contributed by atoms with E-state index in [-0.39, 0.29) is 24.8 Å². The molecule has 1 aromatic rings. The predicted molar refractivity (Wildman–Crippen MR) is 86.4 cm³/mol. The minimum Gasteiger partial charge on any atom is -0.459 e. The van der Waals surface area contributed by atoms with Gasteiger partial charge in [0, 0.05) is 18.7 Å². The summed E-state index contributed by atoms with van der Waals surface area (Å²) in [5.41, 5.74) is 0.734. The summed E-state index contributed by atoms with van der Waals surface area (Å²) in [6.45, 7) is 1.72. The van der Waals surface area contributed by atoms with E-state index in [0.29, 0.717) is 12.1 Å². The molecule has 0 saturated carbocycles. The van der Waals surface area contributed by atoms with E-state index < -0.39 is 15.3 Å². The van der Waals surface area contributed by atoms with Crippen LogP contribution in [-0.2, 0) is 30.7 Å². The highest BCUT2D eigenvalue weighted by Crippen LogP contribution is 2.12. The Morgan fingerprint density at radius 1 is 1.40 bits per heavy atom. The Kier molecular flexibility index (Phi) is 7.91. The molecule has 1 aliphatic heterocycles. The third-order valence-electron chi connectivity index (χ3n) is 2.85. The third kappa shape index (κ3) is 8.74. The van der Waals surface area contributed by atoms with E-state index in [4.69, 9.17) is 9.29 Å². The Hall–Kier alpha value is -2.57. The number of nitro groups is 1. The first-order chi connectivity index (χ1) is 11.7. The van der Waals surface area contributed by atoms with Crippen LogP contribution in [0, 0.1) is 10.1 Å². The van der Waals surface area contributed by atoms with Crippen molar-refractivity contribution in [3.8, 4) is 0 Å². The van der Waals surface area contributed by atoms with Gasteiger partial charge in [0.2, 0.25) is 0 Å². The highest BCUT2D eigenvalue weighted by atomic mass is 32.3. The van der Waals surface area contributed by atoms with Gasteiger partial charge in [0.05, 0.1) is 24.9 Å². The Balaban J connectivity index is 0.000000450. The van der Waals surface area contributed by atoms with Crippen LogP contribution in [-0.4, -0.2) is 61.8 Å². The largest absolute Gasteiger partial charge is 0.459 e. The van der Waals surface area contributed by atoms with Crippen LogP contribution in [0.5, 0.6) is 0 Å². The zero-order chi connectivity index (χ0) is 18.9. The molecule has 12 heteroatoms. The zero-order valence-corrected chi connectivity index (χ0v) is 14.1. The Morgan fingerprint density at radius 2 is 2.00 bits per heavy atom.